The maximum Gasteiger partial charge on any atom is 0.340 e. The minimum Gasteiger partial charge on any atom is -0.506 e. The van der Waals surface area contributed by atoms with Gasteiger partial charge >= 0.3 is 5.97 Å². The summed E-state index contributed by atoms with van der Waals surface area (Å²) in [5.74, 6) is -0.698. The molecule has 0 bridgehead atoms. The van der Waals surface area contributed by atoms with Crippen LogP contribution in [0.25, 0.3) is 11.3 Å². The quantitative estimate of drug-likeness (QED) is 0.531. The predicted octanol–water partition coefficient (Wildman–Crippen LogP) is 5.10. The summed E-state index contributed by atoms with van der Waals surface area (Å²) in [5, 5.41) is 14.1. The van der Waals surface area contributed by atoms with Crippen LogP contribution < -0.4 is 4.74 Å². The Kier molecular flexibility index (Phi) is 6.14. The molecule has 0 aliphatic carbocycles. The second-order valence-electron chi connectivity index (χ2n) is 8.31. The number of hydrogen-bond acceptors (Lipinski definition) is 6. The van der Waals surface area contributed by atoms with Crippen molar-refractivity contribution < 1.29 is 23.9 Å². The van der Waals surface area contributed by atoms with E-state index in [1.165, 1.54) is 0 Å². The van der Waals surface area contributed by atoms with Gasteiger partial charge in [0, 0.05) is 17.7 Å². The molecule has 0 unspecified atom stereocenters. The van der Waals surface area contributed by atoms with E-state index in [1.54, 1.807) is 25.1 Å². The second-order valence-corrected chi connectivity index (χ2v) is 8.31. The summed E-state index contributed by atoms with van der Waals surface area (Å²) >= 11 is 0. The third-order valence-electron chi connectivity index (χ3n) is 5.85. The molecule has 1 aliphatic rings. The van der Waals surface area contributed by atoms with Crippen molar-refractivity contribution in [2.75, 3.05) is 6.61 Å². The summed E-state index contributed by atoms with van der Waals surface area (Å²) in [5.41, 5.74) is 6.74. The van der Waals surface area contributed by atoms with Crippen LogP contribution in [0.2, 0.25) is 0 Å². The lowest BCUT2D eigenvalue weighted by Gasteiger charge is -2.16. The van der Waals surface area contributed by atoms with Gasteiger partial charge in [-0.2, -0.15) is 0 Å². The predicted molar refractivity (Wildman–Crippen MR) is 123 cm³/mol. The van der Waals surface area contributed by atoms with Crippen LogP contribution in [-0.4, -0.2) is 28.4 Å². The Morgan fingerprint density at radius 3 is 2.48 bits per heavy atom. The van der Waals surface area contributed by atoms with Crippen molar-refractivity contribution in [3.63, 3.8) is 0 Å². The number of rotatable bonds is 6. The normalized spacial score (nSPS) is 13.1. The fourth-order valence-corrected chi connectivity index (χ4v) is 4.07. The van der Waals surface area contributed by atoms with Crippen LogP contribution in [0.1, 0.15) is 39.9 Å². The Morgan fingerprint density at radius 2 is 1.82 bits per heavy atom. The third kappa shape index (κ3) is 4.58. The maximum atomic E-state index is 15.1. The Bertz CT molecular complexity index is 1260. The van der Waals surface area contributed by atoms with Gasteiger partial charge in [-0.3, -0.25) is 0 Å². The number of ether oxygens (including phenoxy) is 1. The summed E-state index contributed by atoms with van der Waals surface area (Å²) in [6.07, 6.45) is 0.453. The highest BCUT2D eigenvalue weighted by molar-refractivity contribution is 6.02. The molecule has 0 amide bonds. The number of hydrogen-bond donors (Lipinski definition) is 1. The van der Waals surface area contributed by atoms with Crippen molar-refractivity contribution in [2.45, 2.75) is 40.5 Å². The Morgan fingerprint density at radius 1 is 1.09 bits per heavy atom. The maximum absolute atomic E-state index is 15.1. The van der Waals surface area contributed by atoms with Crippen LogP contribution in [0.15, 0.2) is 41.6 Å². The minimum absolute atomic E-state index is 0.0143. The van der Waals surface area contributed by atoms with Gasteiger partial charge < -0.3 is 14.7 Å². The average molecular weight is 448 g/mol. The second kappa shape index (κ2) is 9.02. The number of aromatic nitrogens is 1. The molecule has 170 valence electrons. The van der Waals surface area contributed by atoms with E-state index < -0.39 is 11.8 Å². The summed E-state index contributed by atoms with van der Waals surface area (Å²) in [6.45, 7) is 7.55. The lowest BCUT2D eigenvalue weighted by atomic mass is 9.96. The van der Waals surface area contributed by atoms with Gasteiger partial charge in [-0.15, -0.1) is 0 Å². The van der Waals surface area contributed by atoms with Crippen LogP contribution >= 0.6 is 0 Å². The van der Waals surface area contributed by atoms with Crippen molar-refractivity contribution in [3.05, 3.63) is 75.7 Å². The molecule has 1 N–H and O–H groups in total. The summed E-state index contributed by atoms with van der Waals surface area (Å²) in [6, 6.07) is 11.0. The highest BCUT2D eigenvalue weighted by Crippen LogP contribution is 2.34. The molecule has 33 heavy (non-hydrogen) atoms. The van der Waals surface area contributed by atoms with E-state index in [2.05, 4.69) is 9.99 Å². The number of carbonyl (C=O) groups is 1. The smallest absolute Gasteiger partial charge is 0.340 e. The molecule has 7 heteroatoms. The minimum atomic E-state index is -0.463. The first-order valence-electron chi connectivity index (χ1n) is 10.7. The van der Waals surface area contributed by atoms with E-state index in [0.29, 0.717) is 23.4 Å². The van der Waals surface area contributed by atoms with Gasteiger partial charge in [0.05, 0.1) is 6.42 Å². The van der Waals surface area contributed by atoms with Crippen LogP contribution in [0, 0.1) is 33.5 Å². The van der Waals surface area contributed by atoms with E-state index in [9.17, 15) is 9.90 Å². The lowest BCUT2D eigenvalue weighted by Crippen LogP contribution is -2.12. The molecule has 3 aromatic rings. The number of nitrogens with zero attached hydrogens (tertiary/aromatic N) is 2. The molecule has 4 rings (SSSR count). The molecule has 1 aromatic heterocycles. The number of aromatic hydroxyl groups is 1. The average Bonchev–Trinajstić information content (AvgIpc) is 3.19. The first-order valence-corrected chi connectivity index (χ1v) is 10.7. The van der Waals surface area contributed by atoms with Crippen molar-refractivity contribution in [3.8, 4) is 22.8 Å². The van der Waals surface area contributed by atoms with Crippen molar-refractivity contribution in [1.29, 1.82) is 0 Å². The van der Waals surface area contributed by atoms with E-state index in [-0.39, 0.29) is 24.5 Å². The molecule has 0 atom stereocenters. The molecule has 0 spiro atoms. The number of benzene rings is 2. The molecule has 2 heterocycles. The fraction of sp³-hybridized carbons (Fsp3) is 0.269. The highest BCUT2D eigenvalue weighted by Gasteiger charge is 2.21. The number of halogens is 1. The van der Waals surface area contributed by atoms with Gasteiger partial charge in [0.25, 0.3) is 0 Å². The first-order chi connectivity index (χ1) is 15.7. The number of carbonyl (C=O) groups excluding carboxylic acids is 1. The molecule has 0 saturated heterocycles. The van der Waals surface area contributed by atoms with Gasteiger partial charge in [0.1, 0.15) is 23.8 Å². The third-order valence-corrected chi connectivity index (χ3v) is 5.85. The largest absolute Gasteiger partial charge is 0.506 e. The van der Waals surface area contributed by atoms with Crippen molar-refractivity contribution in [1.82, 2.24) is 4.98 Å². The molecule has 1 aliphatic heterocycles. The van der Waals surface area contributed by atoms with E-state index in [0.717, 1.165) is 33.5 Å². The van der Waals surface area contributed by atoms with Gasteiger partial charge in [0.2, 0.25) is 0 Å². The summed E-state index contributed by atoms with van der Waals surface area (Å²) in [4.78, 5) is 20.4. The molecule has 2 aromatic carbocycles. The number of pyridine rings is 1. The van der Waals surface area contributed by atoms with E-state index in [4.69, 9.17) is 9.72 Å². The number of oxime groups is 1. The zero-order chi connectivity index (χ0) is 23.7. The van der Waals surface area contributed by atoms with Crippen LogP contribution in [0.3, 0.4) is 0 Å². The van der Waals surface area contributed by atoms with Gasteiger partial charge in [-0.1, -0.05) is 23.4 Å². The summed E-state index contributed by atoms with van der Waals surface area (Å²) in [7, 11) is 0. The molecule has 0 radical (unpaired) electrons. The van der Waals surface area contributed by atoms with Gasteiger partial charge in [0.15, 0.2) is 11.6 Å². The SMILES string of the molecule is Cc1cc(OCC2=NOC(=O)C2)c(F)c(C)c1Cc1ccc(O)c(-c2c(C)cccc2C)n1. The Balaban J connectivity index is 1.62. The lowest BCUT2D eigenvalue weighted by molar-refractivity contribution is -0.140. The Labute approximate surface area is 191 Å². The van der Waals surface area contributed by atoms with E-state index in [1.807, 2.05) is 39.0 Å². The van der Waals surface area contributed by atoms with E-state index >= 15 is 4.39 Å². The molecule has 6 nitrogen and oxygen atoms in total. The van der Waals surface area contributed by atoms with Gasteiger partial charge in [-0.25, -0.2) is 14.2 Å². The summed E-state index contributed by atoms with van der Waals surface area (Å²) < 4.78 is 20.7. The Hall–Kier alpha value is -3.74. The molecular formula is C26H25FN2O4. The molecule has 0 fully saturated rings. The highest BCUT2D eigenvalue weighted by atomic mass is 19.1. The zero-order valence-corrected chi connectivity index (χ0v) is 19.0. The number of aryl methyl sites for hydroxylation is 3. The topological polar surface area (TPSA) is 81.0 Å². The molecular weight excluding hydrogens is 423 g/mol. The first kappa shape index (κ1) is 22.5. The molecule has 0 saturated carbocycles. The standard InChI is InChI=1S/C26H25FN2O4/c1-14-6-5-7-15(2)24(14)26-21(30)9-8-18(28-26)11-20-16(3)10-22(25(27)17(20)4)32-13-19-12-23(31)33-29-19/h5-10,30H,11-13H2,1-4H3. The van der Waals surface area contributed by atoms with Crippen LogP contribution in [-0.2, 0) is 16.1 Å². The van der Waals surface area contributed by atoms with Crippen LogP contribution in [0.4, 0.5) is 4.39 Å². The van der Waals surface area contributed by atoms with Crippen LogP contribution in [0.5, 0.6) is 11.5 Å². The monoisotopic (exact) mass is 448 g/mol. The van der Waals surface area contributed by atoms with Crippen molar-refractivity contribution in [2.24, 2.45) is 5.16 Å². The van der Waals surface area contributed by atoms with Gasteiger partial charge in [-0.05, 0) is 73.7 Å². The van der Waals surface area contributed by atoms with Crippen molar-refractivity contribution >= 4 is 11.7 Å². The zero-order valence-electron chi connectivity index (χ0n) is 19.0. The fourth-order valence-electron chi connectivity index (χ4n) is 4.07.